The number of ether oxygens (including phenoxy) is 1. The Morgan fingerprint density at radius 1 is 1.39 bits per heavy atom. The molecule has 6 nitrogen and oxygen atoms in total. The molecule has 1 heterocycles. The van der Waals surface area contributed by atoms with Gasteiger partial charge in [0.05, 0.1) is 5.03 Å². The summed E-state index contributed by atoms with van der Waals surface area (Å²) in [4.78, 5) is 3.89. The van der Waals surface area contributed by atoms with E-state index in [2.05, 4.69) is 26.7 Å². The number of benzene rings is 1. The van der Waals surface area contributed by atoms with Crippen molar-refractivity contribution in [3.63, 3.8) is 0 Å². The summed E-state index contributed by atoms with van der Waals surface area (Å²) >= 11 is 6.44. The van der Waals surface area contributed by atoms with Crippen molar-refractivity contribution in [1.29, 1.82) is 0 Å². The van der Waals surface area contributed by atoms with Crippen molar-refractivity contribution in [3.05, 3.63) is 53.3 Å². The Morgan fingerprint density at radius 3 is 2.54 bits per heavy atom. The fraction of sp³-hybridized carbons (Fsp3) is 0.333. The van der Waals surface area contributed by atoms with Crippen molar-refractivity contribution in [2.45, 2.75) is 32.4 Å². The van der Waals surface area contributed by atoms with Crippen LogP contribution in [0.5, 0.6) is 5.75 Å². The fourth-order valence-corrected chi connectivity index (χ4v) is 2.54. The first-order valence-corrected chi connectivity index (χ1v) is 8.79. The SMILES string of the molecule is C=C(CC)/C(Cl)=C(/NC(C)c1ccc(OC(F)(F)CF)cc1)n1ncnc1N. The molecular formula is C18H21ClF3N5O. The molecule has 0 fully saturated rings. The van der Waals surface area contributed by atoms with Crippen molar-refractivity contribution in [1.82, 2.24) is 20.1 Å². The van der Waals surface area contributed by atoms with Crippen LogP contribution in [0, 0.1) is 0 Å². The predicted octanol–water partition coefficient (Wildman–Crippen LogP) is 4.48. The number of allylic oxidation sites excluding steroid dienone is 2. The summed E-state index contributed by atoms with van der Waals surface area (Å²) in [6, 6.07) is 5.50. The Morgan fingerprint density at radius 2 is 2.04 bits per heavy atom. The zero-order valence-corrected chi connectivity index (χ0v) is 16.2. The minimum Gasteiger partial charge on any atom is -0.431 e. The molecule has 2 rings (SSSR count). The quantitative estimate of drug-likeness (QED) is 0.590. The summed E-state index contributed by atoms with van der Waals surface area (Å²) in [5, 5.41) is 7.59. The summed E-state index contributed by atoms with van der Waals surface area (Å²) in [6.45, 7) is 5.75. The lowest BCUT2D eigenvalue weighted by molar-refractivity contribution is -0.186. The van der Waals surface area contributed by atoms with Crippen molar-refractivity contribution >= 4 is 23.4 Å². The number of rotatable bonds is 9. The van der Waals surface area contributed by atoms with Gasteiger partial charge in [-0.1, -0.05) is 37.2 Å². The Hall–Kier alpha value is -2.68. The topological polar surface area (TPSA) is 78.0 Å². The normalized spacial score (nSPS) is 13.6. The van der Waals surface area contributed by atoms with Crippen molar-refractivity contribution in [3.8, 4) is 5.75 Å². The number of nitrogens with zero attached hydrogens (tertiary/aromatic N) is 3. The fourth-order valence-electron chi connectivity index (χ4n) is 2.28. The average Bonchev–Trinajstić information content (AvgIpc) is 3.10. The molecule has 0 bridgehead atoms. The molecule has 1 unspecified atom stereocenters. The Bertz CT molecular complexity index is 851. The highest BCUT2D eigenvalue weighted by atomic mass is 35.5. The van der Waals surface area contributed by atoms with Crippen molar-refractivity contribution < 1.29 is 17.9 Å². The molecule has 0 saturated heterocycles. The van der Waals surface area contributed by atoms with Gasteiger partial charge in [-0.15, -0.1) is 0 Å². The summed E-state index contributed by atoms with van der Waals surface area (Å²) in [7, 11) is 0. The van der Waals surface area contributed by atoms with Crippen LogP contribution in [-0.2, 0) is 0 Å². The maximum atomic E-state index is 13.0. The molecule has 1 atom stereocenters. The van der Waals surface area contributed by atoms with Crippen molar-refractivity contribution in [2.75, 3.05) is 12.4 Å². The van der Waals surface area contributed by atoms with Crippen LogP contribution >= 0.6 is 11.6 Å². The summed E-state index contributed by atoms with van der Waals surface area (Å²) in [5.41, 5.74) is 7.24. The molecule has 0 saturated carbocycles. The zero-order chi connectivity index (χ0) is 20.9. The van der Waals surface area contributed by atoms with Crippen LogP contribution in [0.25, 0.3) is 5.82 Å². The monoisotopic (exact) mass is 415 g/mol. The smallest absolute Gasteiger partial charge is 0.427 e. The third-order valence-electron chi connectivity index (χ3n) is 3.89. The first-order chi connectivity index (χ1) is 13.2. The third kappa shape index (κ3) is 5.19. The van der Waals surface area contributed by atoms with Crippen LogP contribution in [0.4, 0.5) is 19.1 Å². The van der Waals surface area contributed by atoms with Crippen molar-refractivity contribution in [2.24, 2.45) is 0 Å². The van der Waals surface area contributed by atoms with Gasteiger partial charge in [-0.3, -0.25) is 0 Å². The van der Waals surface area contributed by atoms with Gasteiger partial charge in [-0.2, -0.15) is 23.5 Å². The maximum absolute atomic E-state index is 13.0. The van der Waals surface area contributed by atoms with Gasteiger partial charge >= 0.3 is 6.11 Å². The molecule has 10 heteroatoms. The predicted molar refractivity (Wildman–Crippen MR) is 102 cm³/mol. The molecule has 0 amide bonds. The van der Waals surface area contributed by atoms with E-state index < -0.39 is 12.8 Å². The molecule has 1 aromatic carbocycles. The first kappa shape index (κ1) is 21.6. The lowest BCUT2D eigenvalue weighted by Gasteiger charge is -2.21. The first-order valence-electron chi connectivity index (χ1n) is 8.41. The second-order valence-electron chi connectivity index (χ2n) is 5.96. The van der Waals surface area contributed by atoms with Crippen LogP contribution in [0.2, 0.25) is 0 Å². The summed E-state index contributed by atoms with van der Waals surface area (Å²) < 4.78 is 43.9. The second kappa shape index (κ2) is 9.01. The number of halogens is 4. The molecule has 0 aliphatic heterocycles. The van der Waals surface area contributed by atoms with Crippen LogP contribution in [0.15, 0.2) is 47.8 Å². The Labute approximate surface area is 165 Å². The van der Waals surface area contributed by atoms with E-state index in [0.717, 1.165) is 5.56 Å². The minimum absolute atomic E-state index is 0.133. The number of anilines is 1. The minimum atomic E-state index is -3.86. The van der Waals surface area contributed by atoms with Gasteiger partial charge < -0.3 is 15.8 Å². The lowest BCUT2D eigenvalue weighted by atomic mass is 10.1. The summed E-state index contributed by atoms with van der Waals surface area (Å²) in [5.74, 6) is 0.376. The molecule has 0 spiro atoms. The molecule has 28 heavy (non-hydrogen) atoms. The Balaban J connectivity index is 2.26. The van der Waals surface area contributed by atoms with Gasteiger partial charge in [-0.05, 0) is 36.6 Å². The highest BCUT2D eigenvalue weighted by Gasteiger charge is 2.31. The number of alkyl halides is 3. The zero-order valence-electron chi connectivity index (χ0n) is 15.4. The average molecular weight is 416 g/mol. The molecule has 0 radical (unpaired) electrons. The Kier molecular flexibility index (Phi) is 6.95. The highest BCUT2D eigenvalue weighted by Crippen LogP contribution is 2.27. The van der Waals surface area contributed by atoms with Crippen LogP contribution in [-0.4, -0.2) is 27.5 Å². The highest BCUT2D eigenvalue weighted by molar-refractivity contribution is 6.34. The molecule has 152 valence electrons. The van der Waals surface area contributed by atoms with Gasteiger partial charge in [-0.25, -0.2) is 4.39 Å². The van der Waals surface area contributed by atoms with E-state index in [-0.39, 0.29) is 17.7 Å². The van der Waals surface area contributed by atoms with E-state index in [9.17, 15) is 13.2 Å². The maximum Gasteiger partial charge on any atom is 0.427 e. The number of aromatic nitrogens is 3. The van der Waals surface area contributed by atoms with Gasteiger partial charge in [0, 0.05) is 6.04 Å². The van der Waals surface area contributed by atoms with Crippen LogP contribution in [0.3, 0.4) is 0 Å². The largest absolute Gasteiger partial charge is 0.431 e. The second-order valence-corrected chi connectivity index (χ2v) is 6.34. The number of nitrogens with one attached hydrogen (secondary N) is 1. The van der Waals surface area contributed by atoms with E-state index in [4.69, 9.17) is 17.3 Å². The van der Waals surface area contributed by atoms with Gasteiger partial charge in [0.25, 0.3) is 0 Å². The number of hydrogen-bond donors (Lipinski definition) is 2. The molecular weight excluding hydrogens is 395 g/mol. The van der Waals surface area contributed by atoms with Gasteiger partial charge in [0.15, 0.2) is 12.5 Å². The standard InChI is InChI=1S/C18H21ClF3N5O/c1-4-11(2)15(19)16(27-17(23)24-10-25-27)26-12(3)13-5-7-14(8-6-13)28-18(21,22)9-20/h5-8,10,12,26H,2,4,9H2,1,3H3,(H2,23,24,25)/b16-15+. The van der Waals surface area contributed by atoms with Crippen LogP contribution in [0.1, 0.15) is 31.9 Å². The number of nitrogens with two attached hydrogens (primary N) is 1. The summed E-state index contributed by atoms with van der Waals surface area (Å²) in [6.07, 6.45) is -1.96. The molecule has 3 N–H and O–H groups in total. The lowest BCUT2D eigenvalue weighted by Crippen LogP contribution is -2.27. The number of nitrogen functional groups attached to an aromatic ring is 1. The number of hydrogen-bond acceptors (Lipinski definition) is 5. The van der Waals surface area contributed by atoms with E-state index in [0.29, 0.717) is 22.8 Å². The van der Waals surface area contributed by atoms with E-state index in [1.54, 1.807) is 12.1 Å². The van der Waals surface area contributed by atoms with E-state index >= 15 is 0 Å². The molecule has 2 aromatic rings. The molecule has 0 aliphatic carbocycles. The van der Waals surface area contributed by atoms with Gasteiger partial charge in [0.2, 0.25) is 5.95 Å². The molecule has 0 aliphatic rings. The van der Waals surface area contributed by atoms with E-state index in [1.807, 2.05) is 13.8 Å². The van der Waals surface area contributed by atoms with Crippen LogP contribution < -0.4 is 15.8 Å². The van der Waals surface area contributed by atoms with Gasteiger partial charge in [0.1, 0.15) is 12.1 Å². The molecule has 1 aromatic heterocycles. The third-order valence-corrected chi connectivity index (χ3v) is 4.33. The van der Waals surface area contributed by atoms with E-state index in [1.165, 1.54) is 23.1 Å².